The maximum Gasteiger partial charge on any atom is 0.326 e. The van der Waals surface area contributed by atoms with E-state index in [1.807, 2.05) is 24.3 Å². The van der Waals surface area contributed by atoms with Crippen molar-refractivity contribution < 1.29 is 29.0 Å². The van der Waals surface area contributed by atoms with Crippen molar-refractivity contribution in [1.29, 1.82) is 0 Å². The topological polar surface area (TPSA) is 114 Å². The van der Waals surface area contributed by atoms with E-state index in [1.165, 1.54) is 7.11 Å². The Morgan fingerprint density at radius 3 is 2.12 bits per heavy atom. The number of carbonyl (C=O) groups excluding carboxylic acids is 2. The summed E-state index contributed by atoms with van der Waals surface area (Å²) in [6, 6.07) is 12.7. The number of carbonyl (C=O) groups is 3. The third kappa shape index (κ3) is 5.85. The number of amides is 2. The molecule has 0 saturated carbocycles. The predicted molar refractivity (Wildman–Crippen MR) is 117 cm³/mol. The van der Waals surface area contributed by atoms with E-state index in [4.69, 9.17) is 9.47 Å². The molecule has 1 aliphatic rings. The Labute approximate surface area is 186 Å². The van der Waals surface area contributed by atoms with E-state index in [-0.39, 0.29) is 24.9 Å². The van der Waals surface area contributed by atoms with Crippen molar-refractivity contribution >= 4 is 17.8 Å². The zero-order chi connectivity index (χ0) is 23.1. The molecule has 0 heterocycles. The normalized spacial score (nSPS) is 14.8. The van der Waals surface area contributed by atoms with Gasteiger partial charge in [-0.05, 0) is 41.7 Å². The minimum absolute atomic E-state index is 0.0634. The van der Waals surface area contributed by atoms with Crippen molar-refractivity contribution in [2.45, 2.75) is 31.3 Å². The fourth-order valence-corrected chi connectivity index (χ4v) is 3.85. The monoisotopic (exact) mass is 440 g/mol. The van der Waals surface area contributed by atoms with Gasteiger partial charge in [-0.15, -0.1) is 0 Å². The van der Waals surface area contributed by atoms with Crippen molar-refractivity contribution in [3.05, 3.63) is 65.2 Å². The minimum atomic E-state index is -1.16. The highest BCUT2D eigenvalue weighted by Crippen LogP contribution is 2.26. The van der Waals surface area contributed by atoms with Crippen LogP contribution in [0.2, 0.25) is 0 Å². The quantitative estimate of drug-likeness (QED) is 0.514. The zero-order valence-electron chi connectivity index (χ0n) is 18.2. The number of hydrogen-bond donors (Lipinski definition) is 3. The van der Waals surface area contributed by atoms with Crippen LogP contribution >= 0.6 is 0 Å². The van der Waals surface area contributed by atoms with Crippen molar-refractivity contribution in [3.63, 3.8) is 0 Å². The Bertz CT molecular complexity index is 934. The van der Waals surface area contributed by atoms with Gasteiger partial charge in [-0.3, -0.25) is 9.59 Å². The summed E-state index contributed by atoms with van der Waals surface area (Å²) >= 11 is 0. The number of methoxy groups -OCH3 is 2. The maximum absolute atomic E-state index is 12.8. The standard InChI is InChI=1S/C24H28N2O6/c1-31-14-21(26-22(27)18-12-16-5-3-4-6-17(16)13-18)23(28)25-20(24(29)30)11-15-7-9-19(32-2)10-8-15/h3-10,18,20-21H,11-14H2,1-2H3,(H,25,28)(H,26,27)(H,29,30). The van der Waals surface area contributed by atoms with Crippen molar-refractivity contribution in [1.82, 2.24) is 10.6 Å². The first-order valence-electron chi connectivity index (χ1n) is 10.4. The van der Waals surface area contributed by atoms with Crippen LogP contribution in [0.15, 0.2) is 48.5 Å². The first-order chi connectivity index (χ1) is 15.4. The third-order valence-corrected chi connectivity index (χ3v) is 5.60. The van der Waals surface area contributed by atoms with Gasteiger partial charge in [0.2, 0.25) is 11.8 Å². The van der Waals surface area contributed by atoms with Crippen LogP contribution in [-0.4, -0.2) is 55.8 Å². The summed E-state index contributed by atoms with van der Waals surface area (Å²) in [4.78, 5) is 37.4. The van der Waals surface area contributed by atoms with Gasteiger partial charge in [0.15, 0.2) is 0 Å². The highest BCUT2D eigenvalue weighted by atomic mass is 16.5. The Morgan fingerprint density at radius 2 is 1.59 bits per heavy atom. The first-order valence-corrected chi connectivity index (χ1v) is 10.4. The third-order valence-electron chi connectivity index (χ3n) is 5.60. The maximum atomic E-state index is 12.8. The number of carboxylic acid groups (broad SMARTS) is 1. The fraction of sp³-hybridized carbons (Fsp3) is 0.375. The van der Waals surface area contributed by atoms with Gasteiger partial charge < -0.3 is 25.2 Å². The highest BCUT2D eigenvalue weighted by molar-refractivity contribution is 5.91. The molecule has 8 nitrogen and oxygen atoms in total. The van der Waals surface area contributed by atoms with E-state index in [2.05, 4.69) is 10.6 Å². The summed E-state index contributed by atoms with van der Waals surface area (Å²) in [6.45, 7) is -0.0634. The van der Waals surface area contributed by atoms with Crippen LogP contribution in [0, 0.1) is 5.92 Å². The van der Waals surface area contributed by atoms with Gasteiger partial charge >= 0.3 is 5.97 Å². The molecule has 2 aromatic carbocycles. The molecule has 0 aromatic heterocycles. The molecule has 1 aliphatic carbocycles. The Balaban J connectivity index is 1.62. The van der Waals surface area contributed by atoms with Crippen molar-refractivity contribution in [2.24, 2.45) is 5.92 Å². The smallest absolute Gasteiger partial charge is 0.326 e. The number of ether oxygens (including phenoxy) is 2. The van der Waals surface area contributed by atoms with Gasteiger partial charge in [0.25, 0.3) is 0 Å². The van der Waals surface area contributed by atoms with Crippen molar-refractivity contribution in [3.8, 4) is 5.75 Å². The lowest BCUT2D eigenvalue weighted by Gasteiger charge is -2.22. The largest absolute Gasteiger partial charge is 0.497 e. The lowest BCUT2D eigenvalue weighted by molar-refractivity contribution is -0.142. The number of aliphatic carboxylic acids is 1. The number of hydrogen-bond acceptors (Lipinski definition) is 5. The van der Waals surface area contributed by atoms with Gasteiger partial charge in [0.05, 0.1) is 13.7 Å². The van der Waals surface area contributed by atoms with Gasteiger partial charge in [-0.2, -0.15) is 0 Å². The lowest BCUT2D eigenvalue weighted by Crippen LogP contribution is -2.54. The number of rotatable bonds is 10. The molecule has 0 bridgehead atoms. The number of nitrogens with one attached hydrogen (secondary N) is 2. The SMILES string of the molecule is COCC(NC(=O)C1Cc2ccccc2C1)C(=O)NC(Cc1ccc(OC)cc1)C(=O)O. The van der Waals surface area contributed by atoms with E-state index >= 15 is 0 Å². The molecule has 3 rings (SSSR count). The van der Waals surface area contributed by atoms with E-state index < -0.39 is 24.0 Å². The molecule has 32 heavy (non-hydrogen) atoms. The average molecular weight is 440 g/mol. The second-order valence-electron chi connectivity index (χ2n) is 7.84. The van der Waals surface area contributed by atoms with Crippen LogP contribution in [0.3, 0.4) is 0 Å². The van der Waals surface area contributed by atoms with Gasteiger partial charge in [-0.1, -0.05) is 36.4 Å². The molecule has 3 N–H and O–H groups in total. The van der Waals surface area contributed by atoms with Crippen LogP contribution in [0.5, 0.6) is 5.75 Å². The molecule has 0 saturated heterocycles. The number of fused-ring (bicyclic) bond motifs is 1. The second-order valence-corrected chi connectivity index (χ2v) is 7.84. The number of carboxylic acids is 1. The second kappa shape index (κ2) is 10.8. The van der Waals surface area contributed by atoms with Gasteiger partial charge in [0.1, 0.15) is 17.8 Å². The van der Waals surface area contributed by atoms with Gasteiger partial charge in [-0.25, -0.2) is 4.79 Å². The number of benzene rings is 2. The van der Waals surface area contributed by atoms with Crippen LogP contribution < -0.4 is 15.4 Å². The molecule has 0 aliphatic heterocycles. The fourth-order valence-electron chi connectivity index (χ4n) is 3.85. The van der Waals surface area contributed by atoms with Gasteiger partial charge in [0, 0.05) is 19.4 Å². The van der Waals surface area contributed by atoms with Crippen LogP contribution in [0.4, 0.5) is 0 Å². The van der Waals surface area contributed by atoms with Crippen LogP contribution in [-0.2, 0) is 38.4 Å². The molecule has 2 amide bonds. The summed E-state index contributed by atoms with van der Waals surface area (Å²) in [5, 5.41) is 14.9. The first kappa shape index (κ1) is 23.3. The summed E-state index contributed by atoms with van der Waals surface area (Å²) in [5.41, 5.74) is 2.99. The van der Waals surface area contributed by atoms with Crippen LogP contribution in [0.1, 0.15) is 16.7 Å². The molecule has 170 valence electrons. The minimum Gasteiger partial charge on any atom is -0.497 e. The Kier molecular flexibility index (Phi) is 7.83. The molecule has 8 heteroatoms. The summed E-state index contributed by atoms with van der Waals surface area (Å²) < 4.78 is 10.2. The predicted octanol–water partition coefficient (Wildman–Crippen LogP) is 1.35. The summed E-state index contributed by atoms with van der Waals surface area (Å²) in [7, 11) is 2.97. The van der Waals surface area contributed by atoms with E-state index in [9.17, 15) is 19.5 Å². The summed E-state index contributed by atoms with van der Waals surface area (Å²) in [5.74, 6) is -1.63. The molecular formula is C24H28N2O6. The van der Waals surface area contributed by atoms with Crippen molar-refractivity contribution in [2.75, 3.05) is 20.8 Å². The molecular weight excluding hydrogens is 412 g/mol. The zero-order valence-corrected chi connectivity index (χ0v) is 18.2. The molecule has 2 atom stereocenters. The average Bonchev–Trinajstić information content (AvgIpc) is 3.23. The Morgan fingerprint density at radius 1 is 0.969 bits per heavy atom. The summed E-state index contributed by atoms with van der Waals surface area (Å²) in [6.07, 6.45) is 1.31. The van der Waals surface area contributed by atoms with E-state index in [0.717, 1.165) is 16.7 Å². The molecule has 0 spiro atoms. The highest BCUT2D eigenvalue weighted by Gasteiger charge is 2.31. The molecule has 0 radical (unpaired) electrons. The molecule has 2 unspecified atom stereocenters. The van der Waals surface area contributed by atoms with Crippen LogP contribution in [0.25, 0.3) is 0 Å². The lowest BCUT2D eigenvalue weighted by atomic mass is 10.0. The Hall–Kier alpha value is -3.39. The molecule has 2 aromatic rings. The van der Waals surface area contributed by atoms with E-state index in [1.54, 1.807) is 31.4 Å². The van der Waals surface area contributed by atoms with E-state index in [0.29, 0.717) is 18.6 Å². The molecule has 0 fully saturated rings.